The number of rotatable bonds is 2. The van der Waals surface area contributed by atoms with Crippen LogP contribution in [0.5, 0.6) is 11.5 Å². The molecule has 0 unspecified atom stereocenters. The van der Waals surface area contributed by atoms with Gasteiger partial charge in [-0.3, -0.25) is 0 Å². The number of nitrogen functional groups attached to an aromatic ring is 1. The number of hydrogen-bond donors (Lipinski definition) is 3. The van der Waals surface area contributed by atoms with Crippen LogP contribution in [0.15, 0.2) is 41.0 Å². The summed E-state index contributed by atoms with van der Waals surface area (Å²) in [5.41, 5.74) is 8.53. The Bertz CT molecular complexity index is 939. The number of nitrogens with two attached hydrogens (primary N) is 1. The van der Waals surface area contributed by atoms with E-state index >= 15 is 0 Å². The number of furan rings is 1. The quantitative estimate of drug-likeness (QED) is 0.626. The Morgan fingerprint density at radius 2 is 1.96 bits per heavy atom. The first-order valence-electron chi connectivity index (χ1n) is 6.78. The number of phenols is 2. The Morgan fingerprint density at radius 3 is 2.57 bits per heavy atom. The van der Waals surface area contributed by atoms with Gasteiger partial charge >= 0.3 is 0 Å². The molecule has 0 atom stereocenters. The summed E-state index contributed by atoms with van der Waals surface area (Å²) < 4.78 is 5.42. The van der Waals surface area contributed by atoms with Crippen LogP contribution in [0.4, 0.5) is 5.82 Å². The summed E-state index contributed by atoms with van der Waals surface area (Å²) in [6.07, 6.45) is 1.55. The molecule has 114 valence electrons. The third-order valence-electron chi connectivity index (χ3n) is 3.54. The van der Waals surface area contributed by atoms with Crippen molar-refractivity contribution in [3.05, 3.63) is 47.7 Å². The van der Waals surface area contributed by atoms with Gasteiger partial charge in [0, 0.05) is 5.56 Å². The second-order valence-electron chi connectivity index (χ2n) is 5.06. The van der Waals surface area contributed by atoms with Crippen molar-refractivity contribution < 1.29 is 14.6 Å². The number of pyridine rings is 1. The van der Waals surface area contributed by atoms with E-state index in [4.69, 9.17) is 10.2 Å². The van der Waals surface area contributed by atoms with Gasteiger partial charge in [0.05, 0.1) is 6.26 Å². The van der Waals surface area contributed by atoms with Gasteiger partial charge in [-0.15, -0.1) is 0 Å². The van der Waals surface area contributed by atoms with Crippen molar-refractivity contribution in [1.82, 2.24) is 4.98 Å². The van der Waals surface area contributed by atoms with Gasteiger partial charge in [0.1, 0.15) is 23.1 Å². The van der Waals surface area contributed by atoms with Crippen molar-refractivity contribution >= 4 is 5.82 Å². The van der Waals surface area contributed by atoms with Crippen molar-refractivity contribution in [3.63, 3.8) is 0 Å². The van der Waals surface area contributed by atoms with Crippen LogP contribution in [0.25, 0.3) is 22.6 Å². The maximum absolute atomic E-state index is 9.69. The van der Waals surface area contributed by atoms with Gasteiger partial charge < -0.3 is 20.4 Å². The normalized spacial score (nSPS) is 10.4. The molecule has 0 aliphatic carbocycles. The number of benzene rings is 1. The number of aromatic nitrogens is 1. The third kappa shape index (κ3) is 2.45. The molecule has 0 aliphatic rings. The van der Waals surface area contributed by atoms with Crippen LogP contribution in [0, 0.1) is 18.3 Å². The zero-order valence-corrected chi connectivity index (χ0v) is 12.2. The number of aryl methyl sites for hydroxylation is 1. The molecule has 4 N–H and O–H groups in total. The lowest BCUT2D eigenvalue weighted by Gasteiger charge is -2.10. The van der Waals surface area contributed by atoms with Gasteiger partial charge in [0.15, 0.2) is 17.3 Å². The molecule has 0 amide bonds. The smallest absolute Gasteiger partial charge is 0.158 e. The average molecular weight is 307 g/mol. The molecular weight excluding hydrogens is 294 g/mol. The molecule has 2 aromatic heterocycles. The van der Waals surface area contributed by atoms with Crippen molar-refractivity contribution in [1.29, 1.82) is 5.26 Å². The molecule has 6 heteroatoms. The van der Waals surface area contributed by atoms with Gasteiger partial charge in [0.2, 0.25) is 0 Å². The van der Waals surface area contributed by atoms with Crippen LogP contribution in [0.1, 0.15) is 11.1 Å². The topological polar surface area (TPSA) is 116 Å². The van der Waals surface area contributed by atoms with Crippen molar-refractivity contribution in [2.45, 2.75) is 6.92 Å². The van der Waals surface area contributed by atoms with E-state index in [1.165, 1.54) is 12.1 Å². The van der Waals surface area contributed by atoms with Crippen LogP contribution < -0.4 is 5.73 Å². The highest BCUT2D eigenvalue weighted by molar-refractivity contribution is 5.80. The van der Waals surface area contributed by atoms with Crippen LogP contribution in [0.3, 0.4) is 0 Å². The maximum Gasteiger partial charge on any atom is 0.158 e. The molecule has 23 heavy (non-hydrogen) atoms. The molecular formula is C17H13N3O3. The van der Waals surface area contributed by atoms with Crippen LogP contribution in [-0.4, -0.2) is 15.2 Å². The highest BCUT2D eigenvalue weighted by atomic mass is 16.3. The Morgan fingerprint density at radius 1 is 1.17 bits per heavy atom. The Kier molecular flexibility index (Phi) is 3.39. The van der Waals surface area contributed by atoms with E-state index in [1.807, 2.05) is 13.0 Å². The van der Waals surface area contributed by atoms with Crippen molar-refractivity contribution in [3.8, 4) is 40.1 Å². The molecule has 0 fully saturated rings. The molecule has 0 aliphatic heterocycles. The summed E-state index contributed by atoms with van der Waals surface area (Å²) in [6, 6.07) is 9.80. The van der Waals surface area contributed by atoms with Gasteiger partial charge in [-0.05, 0) is 42.3 Å². The molecule has 2 heterocycles. The molecule has 0 bridgehead atoms. The summed E-state index contributed by atoms with van der Waals surface area (Å²) in [7, 11) is 0. The number of nitrogens with zero attached hydrogens (tertiary/aromatic N) is 2. The Hall–Kier alpha value is -3.46. The van der Waals surface area contributed by atoms with E-state index in [2.05, 4.69) is 4.98 Å². The van der Waals surface area contributed by atoms with Gasteiger partial charge in [0.25, 0.3) is 0 Å². The van der Waals surface area contributed by atoms with E-state index < -0.39 is 0 Å². The number of anilines is 1. The lowest BCUT2D eigenvalue weighted by atomic mass is 9.99. The monoisotopic (exact) mass is 307 g/mol. The molecule has 6 nitrogen and oxygen atoms in total. The Labute approximate surface area is 132 Å². The van der Waals surface area contributed by atoms with E-state index in [9.17, 15) is 15.5 Å². The predicted octanol–water partition coefficient (Wildman–Crippen LogP) is 3.18. The lowest BCUT2D eigenvalue weighted by Crippen LogP contribution is -1.99. The molecule has 0 saturated heterocycles. The third-order valence-corrected chi connectivity index (χ3v) is 3.54. The van der Waals surface area contributed by atoms with Gasteiger partial charge in [-0.25, -0.2) is 4.98 Å². The Balaban J connectivity index is 2.26. The minimum Gasteiger partial charge on any atom is -0.504 e. The first-order valence-corrected chi connectivity index (χ1v) is 6.78. The zero-order valence-electron chi connectivity index (χ0n) is 12.2. The molecule has 0 saturated carbocycles. The minimum atomic E-state index is -0.280. The highest BCUT2D eigenvalue weighted by Crippen LogP contribution is 2.36. The van der Waals surface area contributed by atoms with Crippen LogP contribution >= 0.6 is 0 Å². The largest absolute Gasteiger partial charge is 0.504 e. The number of aromatic hydroxyl groups is 2. The summed E-state index contributed by atoms with van der Waals surface area (Å²) >= 11 is 0. The minimum absolute atomic E-state index is 0.0726. The SMILES string of the molecule is Cc1ccoc1-c1cc(-c2ccc(O)c(O)c2)c(C#N)c(N)n1. The fraction of sp³-hybridized carbons (Fsp3) is 0.0588. The van der Waals surface area contributed by atoms with E-state index in [0.29, 0.717) is 22.6 Å². The summed E-state index contributed by atoms with van der Waals surface area (Å²) in [5.74, 6) is 0.114. The fourth-order valence-electron chi connectivity index (χ4n) is 2.35. The first-order chi connectivity index (χ1) is 11.0. The maximum atomic E-state index is 9.69. The zero-order chi connectivity index (χ0) is 16.6. The van der Waals surface area contributed by atoms with E-state index in [0.717, 1.165) is 5.56 Å². The van der Waals surface area contributed by atoms with Crippen LogP contribution in [-0.2, 0) is 0 Å². The number of hydrogen-bond acceptors (Lipinski definition) is 6. The number of phenolic OH excluding ortho intramolecular Hbond substituents is 2. The number of nitriles is 1. The first kappa shape index (κ1) is 14.5. The summed E-state index contributed by atoms with van der Waals surface area (Å²) in [6.45, 7) is 1.88. The lowest BCUT2D eigenvalue weighted by molar-refractivity contribution is 0.404. The predicted molar refractivity (Wildman–Crippen MR) is 84.6 cm³/mol. The summed E-state index contributed by atoms with van der Waals surface area (Å²) in [4.78, 5) is 4.22. The van der Waals surface area contributed by atoms with E-state index in [1.54, 1.807) is 24.5 Å². The van der Waals surface area contributed by atoms with Crippen LogP contribution in [0.2, 0.25) is 0 Å². The average Bonchev–Trinajstić information content (AvgIpc) is 2.95. The molecule has 3 rings (SSSR count). The standard InChI is InChI=1S/C17H13N3O3/c1-9-4-5-23-16(9)13-7-11(12(8-18)17(19)20-13)10-2-3-14(21)15(22)6-10/h2-7,21-22H,1H3,(H2,19,20). The van der Waals surface area contributed by atoms with E-state index in [-0.39, 0.29) is 22.9 Å². The van der Waals surface area contributed by atoms with Gasteiger partial charge in [-0.1, -0.05) is 6.07 Å². The van der Waals surface area contributed by atoms with Crippen molar-refractivity contribution in [2.75, 3.05) is 5.73 Å². The highest BCUT2D eigenvalue weighted by Gasteiger charge is 2.16. The fourth-order valence-corrected chi connectivity index (χ4v) is 2.35. The van der Waals surface area contributed by atoms with Crippen molar-refractivity contribution in [2.24, 2.45) is 0 Å². The second kappa shape index (κ2) is 5.39. The molecule has 0 radical (unpaired) electrons. The molecule has 1 aromatic carbocycles. The van der Waals surface area contributed by atoms with Gasteiger partial charge in [-0.2, -0.15) is 5.26 Å². The second-order valence-corrected chi connectivity index (χ2v) is 5.06. The molecule has 0 spiro atoms. The summed E-state index contributed by atoms with van der Waals surface area (Å²) in [5, 5.41) is 28.5. The molecule has 3 aromatic rings.